The van der Waals surface area contributed by atoms with Crippen molar-refractivity contribution in [3.63, 3.8) is 0 Å². The molecule has 0 aliphatic rings. The van der Waals surface area contributed by atoms with Gasteiger partial charge in [-0.2, -0.15) is 0 Å². The van der Waals surface area contributed by atoms with Gasteiger partial charge in [0.1, 0.15) is 29.6 Å². The van der Waals surface area contributed by atoms with Crippen molar-refractivity contribution in [3.05, 3.63) is 77.2 Å². The number of hydrogen-bond donors (Lipinski definition) is 1. The van der Waals surface area contributed by atoms with Crippen molar-refractivity contribution in [2.24, 2.45) is 0 Å². The van der Waals surface area contributed by atoms with Crippen LogP contribution in [0.2, 0.25) is 0 Å². The summed E-state index contributed by atoms with van der Waals surface area (Å²) in [6.45, 7) is 6.42. The monoisotopic (exact) mass is 423 g/mol. The largest absolute Gasteiger partial charge is 0.497 e. The Morgan fingerprint density at radius 3 is 2.29 bits per heavy atom. The Morgan fingerprint density at radius 2 is 1.65 bits per heavy atom. The molecule has 0 radical (unpaired) electrons. The number of methoxy groups -OCH3 is 2. The Balaban J connectivity index is 1.61. The van der Waals surface area contributed by atoms with E-state index >= 15 is 0 Å². The Labute approximate surface area is 183 Å². The van der Waals surface area contributed by atoms with E-state index in [9.17, 15) is 4.79 Å². The lowest BCUT2D eigenvalue weighted by atomic mass is 10.0. The van der Waals surface area contributed by atoms with Crippen LogP contribution < -0.4 is 19.5 Å². The van der Waals surface area contributed by atoms with Gasteiger partial charge in [-0.15, -0.1) is 0 Å². The summed E-state index contributed by atoms with van der Waals surface area (Å²) >= 11 is 0. The molecular formula is C25H29NO5. The van der Waals surface area contributed by atoms with E-state index < -0.39 is 0 Å². The SMILES string of the molecule is COc1ccc(OC)c(C(C)NC(=O)c2ccc(COc3ccc(C(C)C)cc3)o2)c1. The van der Waals surface area contributed by atoms with E-state index in [-0.39, 0.29) is 24.3 Å². The highest BCUT2D eigenvalue weighted by molar-refractivity contribution is 5.91. The van der Waals surface area contributed by atoms with Gasteiger partial charge in [0, 0.05) is 5.56 Å². The number of carbonyl (C=O) groups excluding carboxylic acids is 1. The predicted molar refractivity (Wildman–Crippen MR) is 119 cm³/mol. The molecule has 1 amide bonds. The molecule has 1 heterocycles. The number of carbonyl (C=O) groups is 1. The second kappa shape index (κ2) is 10.1. The molecule has 0 saturated heterocycles. The summed E-state index contributed by atoms with van der Waals surface area (Å²) in [6.07, 6.45) is 0. The number of furan rings is 1. The van der Waals surface area contributed by atoms with E-state index in [0.29, 0.717) is 23.2 Å². The normalized spacial score (nSPS) is 11.8. The van der Waals surface area contributed by atoms with Crippen molar-refractivity contribution in [1.29, 1.82) is 0 Å². The number of rotatable bonds is 9. The molecular weight excluding hydrogens is 394 g/mol. The summed E-state index contributed by atoms with van der Waals surface area (Å²) < 4.78 is 22.1. The smallest absolute Gasteiger partial charge is 0.287 e. The van der Waals surface area contributed by atoms with E-state index in [2.05, 4.69) is 31.3 Å². The van der Waals surface area contributed by atoms with Gasteiger partial charge in [-0.1, -0.05) is 26.0 Å². The number of ether oxygens (including phenoxy) is 3. The Hall–Kier alpha value is -3.41. The minimum Gasteiger partial charge on any atom is -0.497 e. The van der Waals surface area contributed by atoms with Crippen molar-refractivity contribution in [3.8, 4) is 17.2 Å². The molecule has 0 aliphatic carbocycles. The average molecular weight is 424 g/mol. The van der Waals surface area contributed by atoms with Gasteiger partial charge < -0.3 is 23.9 Å². The van der Waals surface area contributed by atoms with Crippen molar-refractivity contribution in [1.82, 2.24) is 5.32 Å². The van der Waals surface area contributed by atoms with Crippen molar-refractivity contribution in [2.45, 2.75) is 39.3 Å². The van der Waals surface area contributed by atoms with Gasteiger partial charge in [-0.05, 0) is 60.9 Å². The van der Waals surface area contributed by atoms with Crippen LogP contribution in [0, 0.1) is 0 Å². The number of nitrogens with one attached hydrogen (secondary N) is 1. The lowest BCUT2D eigenvalue weighted by molar-refractivity contribution is 0.0907. The van der Waals surface area contributed by atoms with Crippen LogP contribution in [0.4, 0.5) is 0 Å². The maximum absolute atomic E-state index is 12.7. The standard InChI is InChI=1S/C25H29NO5/c1-16(2)18-6-8-19(9-7-18)30-15-21-11-13-24(31-21)25(27)26-17(3)22-14-20(28-4)10-12-23(22)29-5/h6-14,16-17H,15H2,1-5H3,(H,26,27). The maximum atomic E-state index is 12.7. The fraction of sp³-hybridized carbons (Fsp3) is 0.320. The highest BCUT2D eigenvalue weighted by Crippen LogP contribution is 2.29. The molecule has 1 atom stereocenters. The first-order chi connectivity index (χ1) is 14.9. The summed E-state index contributed by atoms with van der Waals surface area (Å²) in [5, 5.41) is 2.93. The average Bonchev–Trinajstić information content (AvgIpc) is 3.26. The van der Waals surface area contributed by atoms with Crippen LogP contribution in [0.15, 0.2) is 59.0 Å². The first-order valence-electron chi connectivity index (χ1n) is 10.3. The van der Waals surface area contributed by atoms with Crippen LogP contribution in [-0.4, -0.2) is 20.1 Å². The highest BCUT2D eigenvalue weighted by Gasteiger charge is 2.18. The fourth-order valence-corrected chi connectivity index (χ4v) is 3.20. The number of benzene rings is 2. The molecule has 1 N–H and O–H groups in total. The van der Waals surface area contributed by atoms with Gasteiger partial charge in [0.15, 0.2) is 5.76 Å². The van der Waals surface area contributed by atoms with E-state index in [1.807, 2.05) is 37.3 Å². The third-order valence-electron chi connectivity index (χ3n) is 5.06. The van der Waals surface area contributed by atoms with Crippen LogP contribution in [0.5, 0.6) is 17.2 Å². The van der Waals surface area contributed by atoms with Crippen LogP contribution in [0.3, 0.4) is 0 Å². The van der Waals surface area contributed by atoms with Crippen molar-refractivity contribution >= 4 is 5.91 Å². The van der Waals surface area contributed by atoms with Crippen LogP contribution in [0.25, 0.3) is 0 Å². The quantitative estimate of drug-likeness (QED) is 0.493. The molecule has 2 aromatic carbocycles. The third-order valence-corrected chi connectivity index (χ3v) is 5.06. The maximum Gasteiger partial charge on any atom is 0.287 e. The van der Waals surface area contributed by atoms with E-state index in [1.54, 1.807) is 26.4 Å². The number of amides is 1. The highest BCUT2D eigenvalue weighted by atomic mass is 16.5. The van der Waals surface area contributed by atoms with Gasteiger partial charge in [-0.3, -0.25) is 4.79 Å². The van der Waals surface area contributed by atoms with Crippen molar-refractivity contribution < 1.29 is 23.4 Å². The molecule has 0 spiro atoms. The minimum absolute atomic E-state index is 0.225. The van der Waals surface area contributed by atoms with E-state index in [0.717, 1.165) is 11.3 Å². The van der Waals surface area contributed by atoms with E-state index in [4.69, 9.17) is 18.6 Å². The fourth-order valence-electron chi connectivity index (χ4n) is 3.20. The Kier molecular flexibility index (Phi) is 7.23. The number of hydrogen-bond acceptors (Lipinski definition) is 5. The molecule has 1 aromatic heterocycles. The summed E-state index contributed by atoms with van der Waals surface area (Å²) in [5.74, 6) is 3.07. The topological polar surface area (TPSA) is 69.9 Å². The summed E-state index contributed by atoms with van der Waals surface area (Å²) in [5.41, 5.74) is 2.07. The molecule has 0 saturated carbocycles. The summed E-state index contributed by atoms with van der Waals surface area (Å²) in [4.78, 5) is 12.7. The zero-order chi connectivity index (χ0) is 22.4. The molecule has 6 nitrogen and oxygen atoms in total. The van der Waals surface area contributed by atoms with Crippen molar-refractivity contribution in [2.75, 3.05) is 14.2 Å². The second-order valence-corrected chi connectivity index (χ2v) is 7.58. The Bertz CT molecular complexity index is 1010. The van der Waals surface area contributed by atoms with Gasteiger partial charge in [0.25, 0.3) is 5.91 Å². The molecule has 31 heavy (non-hydrogen) atoms. The third kappa shape index (κ3) is 5.60. The first-order valence-corrected chi connectivity index (χ1v) is 10.3. The predicted octanol–water partition coefficient (Wildman–Crippen LogP) is 5.49. The lowest BCUT2D eigenvalue weighted by Crippen LogP contribution is -2.26. The van der Waals surface area contributed by atoms with Crippen LogP contribution >= 0.6 is 0 Å². The summed E-state index contributed by atoms with van der Waals surface area (Å²) in [6, 6.07) is 16.5. The van der Waals surface area contributed by atoms with Gasteiger partial charge in [0.2, 0.25) is 0 Å². The lowest BCUT2D eigenvalue weighted by Gasteiger charge is -2.17. The summed E-state index contributed by atoms with van der Waals surface area (Å²) in [7, 11) is 3.19. The van der Waals surface area contributed by atoms with Gasteiger partial charge in [-0.25, -0.2) is 0 Å². The Morgan fingerprint density at radius 1 is 0.935 bits per heavy atom. The molecule has 0 fully saturated rings. The van der Waals surface area contributed by atoms with Gasteiger partial charge in [0.05, 0.1) is 20.3 Å². The second-order valence-electron chi connectivity index (χ2n) is 7.58. The molecule has 0 bridgehead atoms. The van der Waals surface area contributed by atoms with E-state index in [1.165, 1.54) is 5.56 Å². The van der Waals surface area contributed by atoms with Crippen LogP contribution in [0.1, 0.15) is 60.2 Å². The molecule has 0 aliphatic heterocycles. The molecule has 6 heteroatoms. The minimum atomic E-state index is -0.315. The molecule has 164 valence electrons. The molecule has 3 aromatic rings. The molecule has 1 unspecified atom stereocenters. The zero-order valence-electron chi connectivity index (χ0n) is 18.6. The first kappa shape index (κ1) is 22.3. The van der Waals surface area contributed by atoms with Gasteiger partial charge >= 0.3 is 0 Å². The zero-order valence-corrected chi connectivity index (χ0v) is 18.6. The molecule has 3 rings (SSSR count). The van der Waals surface area contributed by atoms with Crippen LogP contribution in [-0.2, 0) is 6.61 Å².